The van der Waals surface area contributed by atoms with E-state index in [9.17, 15) is 14.4 Å². The number of halogens is 1. The first-order chi connectivity index (χ1) is 17.4. The quantitative estimate of drug-likeness (QED) is 0.484. The standard InChI is InChI=1S/C24H29FN6O5/c1-16(33)27-14-19-15-31(24(35)36-19)18-3-4-21(20(25)12-18)29-7-9-30(10-8-29)22-5-2-17(13-28-22)23(34)26-6-11-32/h2-5,12-13,19,32H,6-11,14-15H2,1H3,(H,26,34)(H,27,33)/t19-/m0/s1. The number of nitrogens with one attached hydrogen (secondary N) is 2. The maximum Gasteiger partial charge on any atom is 0.414 e. The van der Waals surface area contributed by atoms with E-state index in [-0.39, 0.29) is 38.1 Å². The highest BCUT2D eigenvalue weighted by Crippen LogP contribution is 2.29. The third-order valence-electron chi connectivity index (χ3n) is 6.05. The summed E-state index contributed by atoms with van der Waals surface area (Å²) in [5.74, 6) is -0.215. The van der Waals surface area contributed by atoms with Crippen LogP contribution in [0.1, 0.15) is 17.3 Å². The van der Waals surface area contributed by atoms with Crippen LogP contribution in [0.5, 0.6) is 0 Å². The largest absolute Gasteiger partial charge is 0.442 e. The molecule has 1 aromatic heterocycles. The second kappa shape index (κ2) is 11.2. The van der Waals surface area contributed by atoms with Crippen LogP contribution >= 0.6 is 0 Å². The van der Waals surface area contributed by atoms with E-state index >= 15 is 4.39 Å². The SMILES string of the molecule is CC(=O)NC[C@H]1CN(c2ccc(N3CCN(c4ccc(C(=O)NCCO)cn4)CC3)c(F)c2)C(=O)O1. The van der Waals surface area contributed by atoms with Crippen LogP contribution in [0, 0.1) is 5.82 Å². The molecule has 1 aromatic carbocycles. The Balaban J connectivity index is 1.34. The lowest BCUT2D eigenvalue weighted by Gasteiger charge is -2.37. The smallest absolute Gasteiger partial charge is 0.414 e. The summed E-state index contributed by atoms with van der Waals surface area (Å²) in [6.45, 7) is 4.25. The fourth-order valence-corrected chi connectivity index (χ4v) is 4.17. The van der Waals surface area contributed by atoms with Crippen LogP contribution in [0.4, 0.5) is 26.4 Å². The molecule has 192 valence electrons. The summed E-state index contributed by atoms with van der Waals surface area (Å²) >= 11 is 0. The first-order valence-corrected chi connectivity index (χ1v) is 11.7. The van der Waals surface area contributed by atoms with Crippen LogP contribution in [0.15, 0.2) is 36.5 Å². The summed E-state index contributed by atoms with van der Waals surface area (Å²) in [6.07, 6.45) is 0.432. The summed E-state index contributed by atoms with van der Waals surface area (Å²) in [4.78, 5) is 45.0. The Kier molecular flexibility index (Phi) is 7.84. The number of carbonyl (C=O) groups excluding carboxylic acids is 3. The molecule has 2 aliphatic rings. The molecule has 0 bridgehead atoms. The van der Waals surface area contributed by atoms with Crippen LogP contribution in [-0.4, -0.2) is 86.5 Å². The van der Waals surface area contributed by atoms with Crippen molar-refractivity contribution >= 4 is 35.1 Å². The van der Waals surface area contributed by atoms with E-state index in [4.69, 9.17) is 9.84 Å². The Labute approximate surface area is 207 Å². The van der Waals surface area contributed by atoms with Crippen molar-refractivity contribution < 1.29 is 28.6 Å². The van der Waals surface area contributed by atoms with Gasteiger partial charge in [0.2, 0.25) is 5.91 Å². The van der Waals surface area contributed by atoms with Gasteiger partial charge in [-0.25, -0.2) is 14.2 Å². The van der Waals surface area contributed by atoms with Gasteiger partial charge in [0.15, 0.2) is 0 Å². The predicted octanol–water partition coefficient (Wildman–Crippen LogP) is 0.731. The summed E-state index contributed by atoms with van der Waals surface area (Å²) in [7, 11) is 0. The molecule has 3 N–H and O–H groups in total. The van der Waals surface area contributed by atoms with Crippen molar-refractivity contribution in [1.29, 1.82) is 0 Å². The van der Waals surface area contributed by atoms with E-state index < -0.39 is 18.0 Å². The predicted molar refractivity (Wildman–Crippen MR) is 131 cm³/mol. The number of nitrogens with zero attached hydrogens (tertiary/aromatic N) is 4. The Morgan fingerprint density at radius 3 is 2.53 bits per heavy atom. The number of benzene rings is 1. The maximum atomic E-state index is 15.0. The zero-order valence-corrected chi connectivity index (χ0v) is 19.9. The number of aliphatic hydroxyl groups excluding tert-OH is 1. The van der Waals surface area contributed by atoms with Gasteiger partial charge in [-0.2, -0.15) is 0 Å². The highest BCUT2D eigenvalue weighted by molar-refractivity contribution is 5.94. The number of anilines is 3. The van der Waals surface area contributed by atoms with Gasteiger partial charge >= 0.3 is 6.09 Å². The molecule has 0 saturated carbocycles. The van der Waals surface area contributed by atoms with Gasteiger partial charge in [0.25, 0.3) is 5.91 Å². The lowest BCUT2D eigenvalue weighted by atomic mass is 10.2. The van der Waals surface area contributed by atoms with E-state index in [1.165, 1.54) is 24.1 Å². The molecule has 0 radical (unpaired) electrons. The third kappa shape index (κ3) is 5.82. The number of pyridine rings is 1. The maximum absolute atomic E-state index is 15.0. The van der Waals surface area contributed by atoms with Gasteiger partial charge in [-0.05, 0) is 30.3 Å². The molecule has 2 fully saturated rings. The van der Waals surface area contributed by atoms with Gasteiger partial charge in [-0.3, -0.25) is 14.5 Å². The zero-order chi connectivity index (χ0) is 25.7. The van der Waals surface area contributed by atoms with Gasteiger partial charge in [0.1, 0.15) is 17.7 Å². The molecule has 0 spiro atoms. The van der Waals surface area contributed by atoms with E-state index in [0.29, 0.717) is 43.1 Å². The van der Waals surface area contributed by atoms with Crippen molar-refractivity contribution in [3.05, 3.63) is 47.9 Å². The van der Waals surface area contributed by atoms with Crippen LogP contribution in [0.25, 0.3) is 0 Å². The first kappa shape index (κ1) is 25.2. The van der Waals surface area contributed by atoms with Gasteiger partial charge < -0.3 is 30.3 Å². The van der Waals surface area contributed by atoms with Crippen molar-refractivity contribution in [2.24, 2.45) is 0 Å². The Morgan fingerprint density at radius 2 is 1.89 bits per heavy atom. The van der Waals surface area contributed by atoms with Gasteiger partial charge in [0, 0.05) is 45.8 Å². The van der Waals surface area contributed by atoms with E-state index in [1.807, 2.05) is 4.90 Å². The lowest BCUT2D eigenvalue weighted by molar-refractivity contribution is -0.119. The van der Waals surface area contributed by atoms with Gasteiger partial charge in [-0.15, -0.1) is 0 Å². The van der Waals surface area contributed by atoms with Crippen molar-refractivity contribution in [3.63, 3.8) is 0 Å². The van der Waals surface area contributed by atoms with Crippen molar-refractivity contribution in [1.82, 2.24) is 15.6 Å². The summed E-state index contributed by atoms with van der Waals surface area (Å²) in [5.41, 5.74) is 1.26. The minimum Gasteiger partial charge on any atom is -0.442 e. The molecule has 2 aromatic rings. The summed E-state index contributed by atoms with van der Waals surface area (Å²) in [5, 5.41) is 14.0. The number of piperazine rings is 1. The van der Waals surface area contributed by atoms with Gasteiger partial charge in [0.05, 0.1) is 36.6 Å². The number of hydrogen-bond donors (Lipinski definition) is 3. The van der Waals surface area contributed by atoms with Crippen LogP contribution in [-0.2, 0) is 9.53 Å². The Bertz CT molecular complexity index is 1110. The van der Waals surface area contributed by atoms with Crippen LogP contribution in [0.2, 0.25) is 0 Å². The van der Waals surface area contributed by atoms with Crippen molar-refractivity contribution in [2.75, 3.05) is 67.1 Å². The van der Waals surface area contributed by atoms with E-state index in [1.54, 1.807) is 24.3 Å². The topological polar surface area (TPSA) is 127 Å². The molecular formula is C24H29FN6O5. The molecule has 36 heavy (non-hydrogen) atoms. The Morgan fingerprint density at radius 1 is 1.14 bits per heavy atom. The highest BCUT2D eigenvalue weighted by atomic mass is 19.1. The monoisotopic (exact) mass is 500 g/mol. The number of amides is 3. The molecule has 2 aliphatic heterocycles. The molecule has 0 aliphatic carbocycles. The normalized spacial score (nSPS) is 17.7. The molecular weight excluding hydrogens is 471 g/mol. The second-order valence-corrected chi connectivity index (χ2v) is 8.55. The number of aromatic nitrogens is 1. The number of ether oxygens (including phenoxy) is 1. The fourth-order valence-electron chi connectivity index (χ4n) is 4.17. The molecule has 2 saturated heterocycles. The summed E-state index contributed by atoms with van der Waals surface area (Å²) in [6, 6.07) is 8.13. The lowest BCUT2D eigenvalue weighted by Crippen LogP contribution is -2.47. The Hall–Kier alpha value is -3.93. The van der Waals surface area contributed by atoms with E-state index in [0.717, 1.165) is 5.82 Å². The minimum atomic E-state index is -0.574. The van der Waals surface area contributed by atoms with Crippen LogP contribution in [0.3, 0.4) is 0 Å². The molecule has 3 amide bonds. The molecule has 4 rings (SSSR count). The molecule has 0 unspecified atom stereocenters. The number of hydrogen-bond acceptors (Lipinski definition) is 8. The molecule has 11 nitrogen and oxygen atoms in total. The average molecular weight is 501 g/mol. The average Bonchev–Trinajstić information content (AvgIpc) is 3.26. The second-order valence-electron chi connectivity index (χ2n) is 8.55. The number of rotatable bonds is 8. The first-order valence-electron chi connectivity index (χ1n) is 11.7. The number of aliphatic hydroxyl groups is 1. The third-order valence-corrected chi connectivity index (χ3v) is 6.05. The molecule has 3 heterocycles. The minimum absolute atomic E-state index is 0.129. The number of cyclic esters (lactones) is 1. The highest BCUT2D eigenvalue weighted by Gasteiger charge is 2.33. The van der Waals surface area contributed by atoms with Crippen molar-refractivity contribution in [3.8, 4) is 0 Å². The van der Waals surface area contributed by atoms with E-state index in [2.05, 4.69) is 20.5 Å². The molecule has 1 atom stereocenters. The molecule has 12 heteroatoms. The number of carbonyl (C=O) groups is 3. The van der Waals surface area contributed by atoms with Gasteiger partial charge in [-0.1, -0.05) is 0 Å². The van der Waals surface area contributed by atoms with Crippen molar-refractivity contribution in [2.45, 2.75) is 13.0 Å². The summed E-state index contributed by atoms with van der Waals surface area (Å²) < 4.78 is 20.3. The zero-order valence-electron chi connectivity index (χ0n) is 19.9. The fraction of sp³-hybridized carbons (Fsp3) is 0.417. The van der Waals surface area contributed by atoms with Crippen LogP contribution < -0.4 is 25.3 Å².